The van der Waals surface area contributed by atoms with E-state index in [0.29, 0.717) is 0 Å². The summed E-state index contributed by atoms with van der Waals surface area (Å²) in [5, 5.41) is 5.07. The summed E-state index contributed by atoms with van der Waals surface area (Å²) in [6.45, 7) is 4.75. The van der Waals surface area contributed by atoms with Gasteiger partial charge < -0.3 is 4.90 Å². The van der Waals surface area contributed by atoms with Gasteiger partial charge in [0.25, 0.3) is 0 Å². The Labute approximate surface area is 317 Å². The Morgan fingerprint density at radius 2 is 0.833 bits per heavy atom. The number of anilines is 3. The van der Waals surface area contributed by atoms with E-state index in [1.807, 2.05) is 0 Å². The third-order valence-electron chi connectivity index (χ3n) is 11.5. The topological polar surface area (TPSA) is 3.24 Å². The average molecular weight is 690 g/mol. The maximum atomic E-state index is 2.42. The normalized spacial score (nSPS) is 12.8. The molecule has 0 amide bonds. The second-order valence-corrected chi connectivity index (χ2v) is 15.0. The van der Waals surface area contributed by atoms with E-state index >= 15 is 0 Å². The Morgan fingerprint density at radius 3 is 1.59 bits per heavy atom. The quantitative estimate of drug-likeness (QED) is 0.168. The van der Waals surface area contributed by atoms with Crippen LogP contribution in [0.1, 0.15) is 25.0 Å². The second kappa shape index (κ2) is 12.8. The van der Waals surface area contributed by atoms with E-state index in [2.05, 4.69) is 219 Å². The summed E-state index contributed by atoms with van der Waals surface area (Å²) < 4.78 is 0. The highest BCUT2D eigenvalue weighted by molar-refractivity contribution is 5.97. The Balaban J connectivity index is 0.984. The highest BCUT2D eigenvalue weighted by Gasteiger charge is 2.36. The van der Waals surface area contributed by atoms with Gasteiger partial charge in [-0.3, -0.25) is 0 Å². The Kier molecular flexibility index (Phi) is 7.56. The van der Waals surface area contributed by atoms with E-state index in [1.165, 1.54) is 77.2 Å². The monoisotopic (exact) mass is 689 g/mol. The number of rotatable bonds is 6. The molecule has 1 heteroatoms. The third-order valence-corrected chi connectivity index (χ3v) is 11.5. The van der Waals surface area contributed by atoms with Crippen molar-refractivity contribution >= 4 is 38.6 Å². The number of hydrogen-bond acceptors (Lipinski definition) is 1. The van der Waals surface area contributed by atoms with Gasteiger partial charge in [0, 0.05) is 22.5 Å². The molecule has 0 fully saturated rings. The fourth-order valence-corrected chi connectivity index (χ4v) is 8.56. The van der Waals surface area contributed by atoms with Crippen LogP contribution in [0.3, 0.4) is 0 Å². The van der Waals surface area contributed by atoms with Gasteiger partial charge in [0.05, 0.1) is 0 Å². The minimum Gasteiger partial charge on any atom is -0.310 e. The lowest BCUT2D eigenvalue weighted by atomic mass is 9.81. The number of fused-ring (bicyclic) bond motifs is 5. The molecular weight excluding hydrogens is 651 g/mol. The van der Waals surface area contributed by atoms with Crippen molar-refractivity contribution in [1.29, 1.82) is 0 Å². The number of benzene rings is 9. The van der Waals surface area contributed by atoms with E-state index < -0.39 is 0 Å². The molecule has 1 nitrogen and oxygen atoms in total. The van der Waals surface area contributed by atoms with E-state index in [9.17, 15) is 0 Å². The van der Waals surface area contributed by atoms with E-state index in [0.717, 1.165) is 17.1 Å². The van der Waals surface area contributed by atoms with Crippen LogP contribution in [-0.4, -0.2) is 0 Å². The molecule has 10 rings (SSSR count). The predicted molar refractivity (Wildman–Crippen MR) is 230 cm³/mol. The lowest BCUT2D eigenvalue weighted by Crippen LogP contribution is -2.16. The SMILES string of the molecule is CC1(C)c2cc(-c3ccc(-c4ccc5ccccc5c4)cc3)ccc2-c2ccc(N(c3ccccc3)c3ccc(-c4cccc5ccccc45)cc3)cc21. The first-order chi connectivity index (χ1) is 26.5. The summed E-state index contributed by atoms with van der Waals surface area (Å²) in [5.74, 6) is 0. The van der Waals surface area contributed by atoms with Crippen LogP contribution in [0.4, 0.5) is 17.1 Å². The molecule has 0 saturated carbocycles. The van der Waals surface area contributed by atoms with Gasteiger partial charge in [0.15, 0.2) is 0 Å². The molecule has 0 unspecified atom stereocenters. The summed E-state index contributed by atoms with van der Waals surface area (Å²) in [6.07, 6.45) is 0. The van der Waals surface area contributed by atoms with Gasteiger partial charge in [0.1, 0.15) is 0 Å². The smallest absolute Gasteiger partial charge is 0.0465 e. The second-order valence-electron chi connectivity index (χ2n) is 15.0. The molecule has 0 saturated heterocycles. The standard InChI is InChI=1S/C53H39N/c1-53(2)51-34-43(38-21-19-37(20-22-38)42-24-23-36-11-6-7-13-41(36)33-42)27-31-49(51)50-32-30-46(35-52(50)53)54(44-15-4-3-5-16-44)45-28-25-40(26-29-45)48-18-10-14-39-12-8-9-17-47(39)48/h3-35H,1-2H3. The lowest BCUT2D eigenvalue weighted by Gasteiger charge is -2.28. The van der Waals surface area contributed by atoms with Crippen molar-refractivity contribution in [2.45, 2.75) is 19.3 Å². The number of hydrogen-bond donors (Lipinski definition) is 0. The number of nitrogens with zero attached hydrogens (tertiary/aromatic N) is 1. The maximum absolute atomic E-state index is 2.42. The zero-order valence-corrected chi connectivity index (χ0v) is 30.5. The summed E-state index contributed by atoms with van der Waals surface area (Å²) in [6, 6.07) is 73.3. The molecule has 9 aromatic rings. The summed E-state index contributed by atoms with van der Waals surface area (Å²) in [7, 11) is 0. The zero-order chi connectivity index (χ0) is 36.2. The summed E-state index contributed by atoms with van der Waals surface area (Å²) >= 11 is 0. The molecule has 54 heavy (non-hydrogen) atoms. The first-order valence-electron chi connectivity index (χ1n) is 18.8. The maximum Gasteiger partial charge on any atom is 0.0465 e. The molecule has 0 bridgehead atoms. The molecule has 1 aliphatic rings. The molecule has 9 aromatic carbocycles. The molecule has 0 heterocycles. The van der Waals surface area contributed by atoms with Crippen molar-refractivity contribution in [3.05, 3.63) is 211 Å². The van der Waals surface area contributed by atoms with Crippen LogP contribution >= 0.6 is 0 Å². The minimum atomic E-state index is -0.164. The first kappa shape index (κ1) is 32.0. The Hall–Kier alpha value is -6.70. The Bertz CT molecular complexity index is 2820. The van der Waals surface area contributed by atoms with Crippen LogP contribution in [0.2, 0.25) is 0 Å². The van der Waals surface area contributed by atoms with Crippen molar-refractivity contribution < 1.29 is 0 Å². The van der Waals surface area contributed by atoms with Crippen LogP contribution in [0, 0.1) is 0 Å². The van der Waals surface area contributed by atoms with E-state index in [4.69, 9.17) is 0 Å². The molecule has 0 radical (unpaired) electrons. The van der Waals surface area contributed by atoms with Crippen molar-refractivity contribution in [1.82, 2.24) is 0 Å². The van der Waals surface area contributed by atoms with Crippen LogP contribution in [0.25, 0.3) is 66.1 Å². The van der Waals surface area contributed by atoms with Crippen molar-refractivity contribution in [3.8, 4) is 44.5 Å². The van der Waals surface area contributed by atoms with Crippen LogP contribution in [-0.2, 0) is 5.41 Å². The van der Waals surface area contributed by atoms with E-state index in [1.54, 1.807) is 0 Å². The summed E-state index contributed by atoms with van der Waals surface area (Å²) in [4.78, 5) is 2.38. The van der Waals surface area contributed by atoms with Crippen molar-refractivity contribution in [2.24, 2.45) is 0 Å². The molecule has 0 aliphatic heterocycles. The predicted octanol–water partition coefficient (Wildman–Crippen LogP) is 14.8. The van der Waals surface area contributed by atoms with E-state index in [-0.39, 0.29) is 5.41 Å². The van der Waals surface area contributed by atoms with Gasteiger partial charge in [-0.15, -0.1) is 0 Å². The molecule has 0 atom stereocenters. The number of para-hydroxylation sites is 1. The molecule has 1 aliphatic carbocycles. The van der Waals surface area contributed by atoms with Gasteiger partial charge in [0.2, 0.25) is 0 Å². The largest absolute Gasteiger partial charge is 0.310 e. The summed E-state index contributed by atoms with van der Waals surface area (Å²) in [5.41, 5.74) is 16.1. The molecular formula is C53H39N. The fraction of sp³-hybridized carbons (Fsp3) is 0.0566. The van der Waals surface area contributed by atoms with Crippen LogP contribution in [0.15, 0.2) is 200 Å². The first-order valence-corrected chi connectivity index (χ1v) is 18.8. The molecule has 0 N–H and O–H groups in total. The molecule has 0 aromatic heterocycles. The highest BCUT2D eigenvalue weighted by atomic mass is 15.1. The van der Waals surface area contributed by atoms with Crippen molar-refractivity contribution in [2.75, 3.05) is 4.90 Å². The Morgan fingerprint density at radius 1 is 0.315 bits per heavy atom. The van der Waals surface area contributed by atoms with Gasteiger partial charge in [-0.1, -0.05) is 166 Å². The lowest BCUT2D eigenvalue weighted by molar-refractivity contribution is 0.660. The molecule has 256 valence electrons. The van der Waals surface area contributed by atoms with Crippen LogP contribution in [0.5, 0.6) is 0 Å². The van der Waals surface area contributed by atoms with Crippen molar-refractivity contribution in [3.63, 3.8) is 0 Å². The van der Waals surface area contributed by atoms with Gasteiger partial charge in [-0.2, -0.15) is 0 Å². The van der Waals surface area contributed by atoms with Gasteiger partial charge in [-0.25, -0.2) is 0 Å². The average Bonchev–Trinajstić information content (AvgIpc) is 3.46. The highest BCUT2D eigenvalue weighted by Crippen LogP contribution is 2.51. The zero-order valence-electron chi connectivity index (χ0n) is 30.5. The minimum absolute atomic E-state index is 0.164. The van der Waals surface area contributed by atoms with Gasteiger partial charge >= 0.3 is 0 Å². The third kappa shape index (κ3) is 5.40. The van der Waals surface area contributed by atoms with Gasteiger partial charge in [-0.05, 0) is 126 Å². The van der Waals surface area contributed by atoms with Crippen LogP contribution < -0.4 is 4.90 Å². The fourth-order valence-electron chi connectivity index (χ4n) is 8.56. The molecule has 0 spiro atoms.